The molecule has 2 heterocycles. The fraction of sp³-hybridized carbons (Fsp3) is 0.200. The van der Waals surface area contributed by atoms with Crippen LogP contribution in [0.2, 0.25) is 0 Å². The Kier molecular flexibility index (Phi) is 4.12. The summed E-state index contributed by atoms with van der Waals surface area (Å²) in [6.45, 7) is 2.77. The molecule has 1 aliphatic heterocycles. The van der Waals surface area contributed by atoms with Gasteiger partial charge in [-0.3, -0.25) is 4.79 Å². The largest absolute Gasteiger partial charge is 0.481 e. The molecular weight excluding hydrogens is 348 g/mol. The lowest BCUT2D eigenvalue weighted by molar-refractivity contribution is -0.149. The van der Waals surface area contributed by atoms with Crippen LogP contribution in [0.25, 0.3) is 11.3 Å². The van der Waals surface area contributed by atoms with Gasteiger partial charge < -0.3 is 14.7 Å². The predicted octanol–water partition coefficient (Wildman–Crippen LogP) is 4.51. The maximum Gasteiger partial charge on any atom is 0.312 e. The number of anilines is 1. The number of hydrogen-bond acceptors (Lipinski definition) is 5. The van der Waals surface area contributed by atoms with E-state index < -0.39 is 11.4 Å². The van der Waals surface area contributed by atoms with Gasteiger partial charge in [0.05, 0.1) is 11.1 Å². The summed E-state index contributed by atoms with van der Waals surface area (Å²) in [5, 5.41) is 12.1. The van der Waals surface area contributed by atoms with E-state index in [9.17, 15) is 9.90 Å². The van der Waals surface area contributed by atoms with Crippen LogP contribution in [0, 0.1) is 5.41 Å². The molecule has 1 N–H and O–H groups in total. The van der Waals surface area contributed by atoms with Gasteiger partial charge in [-0.05, 0) is 43.3 Å². The minimum atomic E-state index is -0.750. The molecule has 6 heteroatoms. The van der Waals surface area contributed by atoms with Crippen molar-refractivity contribution in [3.05, 3.63) is 60.0 Å². The SMILES string of the molecule is CC1(C(=O)O)CN(c2nc(-c3ccc(Oc4ccccc4)cc3)cs2)C1. The smallest absolute Gasteiger partial charge is 0.312 e. The fourth-order valence-corrected chi connectivity index (χ4v) is 3.76. The van der Waals surface area contributed by atoms with Gasteiger partial charge in [-0.1, -0.05) is 18.2 Å². The third-order valence-electron chi connectivity index (χ3n) is 4.49. The van der Waals surface area contributed by atoms with Gasteiger partial charge in [-0.25, -0.2) is 4.98 Å². The average molecular weight is 366 g/mol. The number of thiazole rings is 1. The highest BCUT2D eigenvalue weighted by Gasteiger charge is 2.46. The van der Waals surface area contributed by atoms with Crippen LogP contribution in [0.3, 0.4) is 0 Å². The summed E-state index contributed by atoms with van der Waals surface area (Å²) in [7, 11) is 0. The number of benzene rings is 2. The molecule has 1 aliphatic rings. The zero-order valence-electron chi connectivity index (χ0n) is 14.3. The standard InChI is InChI=1S/C20H18N2O3S/c1-20(18(23)24)12-22(13-20)19-21-17(11-26-19)14-7-9-16(10-8-14)25-15-5-3-2-4-6-15/h2-11H,12-13H2,1H3,(H,23,24). The topological polar surface area (TPSA) is 62.7 Å². The predicted molar refractivity (Wildman–Crippen MR) is 102 cm³/mol. The minimum Gasteiger partial charge on any atom is -0.481 e. The Morgan fingerprint density at radius 1 is 1.12 bits per heavy atom. The normalized spacial score (nSPS) is 15.3. The zero-order chi connectivity index (χ0) is 18.1. The van der Waals surface area contributed by atoms with Crippen LogP contribution in [0.4, 0.5) is 5.13 Å². The third-order valence-corrected chi connectivity index (χ3v) is 5.39. The van der Waals surface area contributed by atoms with Crippen molar-refractivity contribution in [1.82, 2.24) is 4.98 Å². The summed E-state index contributed by atoms with van der Waals surface area (Å²) in [5.74, 6) is 0.824. The monoisotopic (exact) mass is 366 g/mol. The number of rotatable bonds is 5. The summed E-state index contributed by atoms with van der Waals surface area (Å²) in [4.78, 5) is 17.9. The molecular formula is C20H18N2O3S. The lowest BCUT2D eigenvalue weighted by Gasteiger charge is -2.44. The van der Waals surface area contributed by atoms with E-state index >= 15 is 0 Å². The van der Waals surface area contributed by atoms with Crippen molar-refractivity contribution >= 4 is 22.4 Å². The molecule has 3 aromatic rings. The van der Waals surface area contributed by atoms with Crippen molar-refractivity contribution in [2.75, 3.05) is 18.0 Å². The first-order valence-corrected chi connectivity index (χ1v) is 9.19. The second kappa shape index (κ2) is 6.46. The lowest BCUT2D eigenvalue weighted by Crippen LogP contribution is -2.59. The Morgan fingerprint density at radius 3 is 2.42 bits per heavy atom. The maximum absolute atomic E-state index is 11.2. The minimum absolute atomic E-state index is 0.499. The van der Waals surface area contributed by atoms with Crippen LogP contribution in [0.15, 0.2) is 60.0 Å². The van der Waals surface area contributed by atoms with Crippen LogP contribution < -0.4 is 9.64 Å². The van der Waals surface area contributed by atoms with E-state index in [1.54, 1.807) is 6.92 Å². The first-order valence-electron chi connectivity index (χ1n) is 8.31. The molecule has 1 fully saturated rings. The Hall–Kier alpha value is -2.86. The van der Waals surface area contributed by atoms with Crippen LogP contribution in [0.1, 0.15) is 6.92 Å². The number of carbonyl (C=O) groups is 1. The van der Waals surface area contributed by atoms with Gasteiger partial charge in [0.25, 0.3) is 0 Å². The van der Waals surface area contributed by atoms with Crippen LogP contribution in [-0.4, -0.2) is 29.1 Å². The molecule has 1 saturated heterocycles. The summed E-state index contributed by atoms with van der Waals surface area (Å²) >= 11 is 1.54. The fourth-order valence-electron chi connectivity index (χ4n) is 2.93. The Balaban J connectivity index is 1.44. The number of carboxylic acid groups (broad SMARTS) is 1. The Bertz CT molecular complexity index is 916. The van der Waals surface area contributed by atoms with Crippen molar-refractivity contribution in [1.29, 1.82) is 0 Å². The second-order valence-corrected chi connectivity index (χ2v) is 7.51. The highest BCUT2D eigenvalue weighted by Crippen LogP contribution is 2.37. The number of aliphatic carboxylic acids is 1. The molecule has 5 nitrogen and oxygen atoms in total. The van der Waals surface area contributed by atoms with E-state index in [1.807, 2.05) is 64.9 Å². The first-order chi connectivity index (χ1) is 12.5. The number of hydrogen-bond donors (Lipinski definition) is 1. The molecule has 132 valence electrons. The van der Waals surface area contributed by atoms with Crippen LogP contribution in [0.5, 0.6) is 11.5 Å². The Labute approximate surface area is 155 Å². The van der Waals surface area contributed by atoms with Crippen molar-refractivity contribution in [3.63, 3.8) is 0 Å². The molecule has 0 bridgehead atoms. The number of aromatic nitrogens is 1. The highest BCUT2D eigenvalue weighted by molar-refractivity contribution is 7.14. The summed E-state index contributed by atoms with van der Waals surface area (Å²) in [6.07, 6.45) is 0. The van der Waals surface area contributed by atoms with E-state index in [0.717, 1.165) is 27.9 Å². The van der Waals surface area contributed by atoms with Crippen molar-refractivity contribution in [2.45, 2.75) is 6.92 Å². The first kappa shape index (κ1) is 16.6. The van der Waals surface area contributed by atoms with Gasteiger partial charge in [0.2, 0.25) is 0 Å². The van der Waals surface area contributed by atoms with Gasteiger partial charge in [-0.2, -0.15) is 0 Å². The van der Waals surface area contributed by atoms with Gasteiger partial charge >= 0.3 is 5.97 Å². The van der Waals surface area contributed by atoms with Crippen molar-refractivity contribution in [3.8, 4) is 22.8 Å². The average Bonchev–Trinajstić information content (AvgIpc) is 3.10. The number of carboxylic acids is 1. The quantitative estimate of drug-likeness (QED) is 0.720. The van der Waals surface area contributed by atoms with Gasteiger partial charge in [-0.15, -0.1) is 11.3 Å². The maximum atomic E-state index is 11.2. The number of nitrogens with zero attached hydrogens (tertiary/aromatic N) is 2. The molecule has 2 aromatic carbocycles. The van der Waals surface area contributed by atoms with Crippen LogP contribution >= 0.6 is 11.3 Å². The molecule has 0 amide bonds. The summed E-state index contributed by atoms with van der Waals surface area (Å²) < 4.78 is 5.80. The van der Waals surface area contributed by atoms with E-state index in [1.165, 1.54) is 11.3 Å². The zero-order valence-corrected chi connectivity index (χ0v) is 15.1. The summed E-state index contributed by atoms with van der Waals surface area (Å²) in [5.41, 5.74) is 1.23. The van der Waals surface area contributed by atoms with E-state index in [2.05, 4.69) is 4.98 Å². The Morgan fingerprint density at radius 2 is 1.77 bits per heavy atom. The summed E-state index contributed by atoms with van der Waals surface area (Å²) in [6, 6.07) is 17.5. The second-order valence-electron chi connectivity index (χ2n) is 6.68. The van der Waals surface area contributed by atoms with Crippen molar-refractivity contribution in [2.24, 2.45) is 5.41 Å². The molecule has 0 spiro atoms. The van der Waals surface area contributed by atoms with Gasteiger partial charge in [0.1, 0.15) is 11.5 Å². The lowest BCUT2D eigenvalue weighted by atomic mass is 9.82. The van der Waals surface area contributed by atoms with Gasteiger partial charge in [0, 0.05) is 24.0 Å². The van der Waals surface area contributed by atoms with Crippen molar-refractivity contribution < 1.29 is 14.6 Å². The molecule has 1 aromatic heterocycles. The number of para-hydroxylation sites is 1. The number of ether oxygens (including phenoxy) is 1. The highest BCUT2D eigenvalue weighted by atomic mass is 32.1. The molecule has 0 radical (unpaired) electrons. The van der Waals surface area contributed by atoms with E-state index in [0.29, 0.717) is 13.1 Å². The third kappa shape index (κ3) is 3.15. The van der Waals surface area contributed by atoms with E-state index in [-0.39, 0.29) is 0 Å². The van der Waals surface area contributed by atoms with E-state index in [4.69, 9.17) is 4.74 Å². The molecule has 0 aliphatic carbocycles. The van der Waals surface area contributed by atoms with Crippen LogP contribution in [-0.2, 0) is 4.79 Å². The molecule has 0 saturated carbocycles. The molecule has 26 heavy (non-hydrogen) atoms. The van der Waals surface area contributed by atoms with Gasteiger partial charge in [0.15, 0.2) is 5.13 Å². The molecule has 0 unspecified atom stereocenters. The molecule has 0 atom stereocenters. The molecule has 4 rings (SSSR count).